The lowest BCUT2D eigenvalue weighted by Crippen LogP contribution is -2.16. The van der Waals surface area contributed by atoms with E-state index in [2.05, 4.69) is 32.0 Å². The monoisotopic (exact) mass is 388 g/mol. The molecule has 0 aromatic heterocycles. The van der Waals surface area contributed by atoms with Gasteiger partial charge in [-0.15, -0.1) is 0 Å². The first-order chi connectivity index (χ1) is 13.6. The van der Waals surface area contributed by atoms with Gasteiger partial charge in [-0.2, -0.15) is 0 Å². The fourth-order valence-corrected chi connectivity index (χ4v) is 4.30. The second kappa shape index (κ2) is 14.0. The molecule has 1 aliphatic rings. The van der Waals surface area contributed by atoms with Gasteiger partial charge < -0.3 is 9.84 Å². The van der Waals surface area contributed by atoms with Crippen LogP contribution >= 0.6 is 0 Å². The molecular weight excluding hydrogens is 344 g/mol. The first-order valence-corrected chi connectivity index (χ1v) is 12.1. The van der Waals surface area contributed by atoms with Crippen LogP contribution in [0.5, 0.6) is 5.75 Å². The fourth-order valence-electron chi connectivity index (χ4n) is 4.30. The molecule has 1 N–H and O–H groups in total. The molecule has 0 unspecified atom stereocenters. The summed E-state index contributed by atoms with van der Waals surface area (Å²) < 4.78 is 6.42. The molecule has 28 heavy (non-hydrogen) atoms. The number of hydrogen-bond acceptors (Lipinski definition) is 2. The minimum Gasteiger partial charge on any atom is -0.490 e. The maximum atomic E-state index is 10.1. The molecule has 2 nitrogen and oxygen atoms in total. The molecule has 0 bridgehead atoms. The molecule has 0 spiro atoms. The van der Waals surface area contributed by atoms with Crippen LogP contribution in [0.1, 0.15) is 114 Å². The molecule has 1 aliphatic carbocycles. The van der Waals surface area contributed by atoms with Crippen LogP contribution in [0, 0.1) is 13.8 Å². The maximum Gasteiger partial charge on any atom is 0.119 e. The zero-order valence-corrected chi connectivity index (χ0v) is 18.6. The van der Waals surface area contributed by atoms with Gasteiger partial charge in [-0.05, 0) is 75.6 Å². The Morgan fingerprint density at radius 3 is 1.61 bits per heavy atom. The van der Waals surface area contributed by atoms with Crippen LogP contribution in [0.2, 0.25) is 0 Å². The van der Waals surface area contributed by atoms with Crippen molar-refractivity contribution < 1.29 is 9.84 Å². The van der Waals surface area contributed by atoms with Gasteiger partial charge in [0.2, 0.25) is 0 Å². The van der Waals surface area contributed by atoms with Crippen LogP contribution in [-0.2, 0) is 0 Å². The van der Waals surface area contributed by atoms with E-state index in [1.807, 2.05) is 0 Å². The van der Waals surface area contributed by atoms with E-state index in [9.17, 15) is 5.11 Å². The van der Waals surface area contributed by atoms with Crippen molar-refractivity contribution in [1.82, 2.24) is 0 Å². The van der Waals surface area contributed by atoms with Gasteiger partial charge in [-0.25, -0.2) is 0 Å². The summed E-state index contributed by atoms with van der Waals surface area (Å²) >= 11 is 0. The zero-order valence-electron chi connectivity index (χ0n) is 18.6. The summed E-state index contributed by atoms with van der Waals surface area (Å²) in [6, 6.07) is 6.53. The molecule has 1 fully saturated rings. The first-order valence-electron chi connectivity index (χ1n) is 12.1. The Hall–Kier alpha value is -1.02. The Balaban J connectivity index is 1.81. The van der Waals surface area contributed by atoms with E-state index < -0.39 is 0 Å². The molecule has 0 amide bonds. The van der Waals surface area contributed by atoms with Crippen molar-refractivity contribution in [3.63, 3.8) is 0 Å². The van der Waals surface area contributed by atoms with E-state index in [0.29, 0.717) is 6.10 Å². The molecule has 1 aromatic carbocycles. The van der Waals surface area contributed by atoms with Crippen LogP contribution in [-0.4, -0.2) is 17.3 Å². The molecule has 1 saturated carbocycles. The summed E-state index contributed by atoms with van der Waals surface area (Å²) in [5.74, 6) is 1.05. The number of aliphatic hydroxyl groups excluding tert-OH is 1. The van der Waals surface area contributed by atoms with Crippen molar-refractivity contribution in [3.8, 4) is 5.75 Å². The van der Waals surface area contributed by atoms with E-state index in [1.165, 1.54) is 101 Å². The van der Waals surface area contributed by atoms with Crippen molar-refractivity contribution in [2.24, 2.45) is 0 Å². The van der Waals surface area contributed by atoms with Crippen LogP contribution < -0.4 is 4.74 Å². The minimum atomic E-state index is -0.0535. The van der Waals surface area contributed by atoms with Crippen molar-refractivity contribution in [3.05, 3.63) is 29.3 Å². The van der Waals surface area contributed by atoms with E-state index in [4.69, 9.17) is 4.74 Å². The topological polar surface area (TPSA) is 29.5 Å². The van der Waals surface area contributed by atoms with Gasteiger partial charge in [0, 0.05) is 0 Å². The number of benzene rings is 1. The van der Waals surface area contributed by atoms with E-state index in [0.717, 1.165) is 18.6 Å². The average molecular weight is 389 g/mol. The summed E-state index contributed by atoms with van der Waals surface area (Å²) in [6.07, 6.45) is 20.1. The highest BCUT2D eigenvalue weighted by Crippen LogP contribution is 2.23. The highest BCUT2D eigenvalue weighted by molar-refractivity contribution is 5.33. The highest BCUT2D eigenvalue weighted by atomic mass is 16.5. The first kappa shape index (κ1) is 23.3. The van der Waals surface area contributed by atoms with Gasteiger partial charge in [0.1, 0.15) is 5.75 Å². The van der Waals surface area contributed by atoms with Crippen molar-refractivity contribution in [2.75, 3.05) is 0 Å². The predicted molar refractivity (Wildman–Crippen MR) is 120 cm³/mol. The smallest absolute Gasteiger partial charge is 0.119 e. The summed E-state index contributed by atoms with van der Waals surface area (Å²) in [5, 5.41) is 10.1. The summed E-state index contributed by atoms with van der Waals surface area (Å²) in [6.45, 7) is 4.33. The third-order valence-electron chi connectivity index (χ3n) is 6.41. The zero-order chi connectivity index (χ0) is 20.0. The normalized spacial score (nSPS) is 24.8. The third kappa shape index (κ3) is 9.96. The van der Waals surface area contributed by atoms with E-state index in [-0.39, 0.29) is 6.10 Å². The molecule has 0 heterocycles. The summed E-state index contributed by atoms with van der Waals surface area (Å²) in [7, 11) is 0. The van der Waals surface area contributed by atoms with Gasteiger partial charge in [-0.1, -0.05) is 70.3 Å². The minimum absolute atomic E-state index is 0.0535. The van der Waals surface area contributed by atoms with Gasteiger partial charge >= 0.3 is 0 Å². The lowest BCUT2D eigenvalue weighted by molar-refractivity contribution is 0.146. The van der Waals surface area contributed by atoms with Gasteiger partial charge in [0.15, 0.2) is 0 Å². The van der Waals surface area contributed by atoms with E-state index >= 15 is 0 Å². The average Bonchev–Trinajstić information content (AvgIpc) is 2.67. The van der Waals surface area contributed by atoms with Gasteiger partial charge in [0.25, 0.3) is 0 Å². The Morgan fingerprint density at radius 1 is 0.643 bits per heavy atom. The Labute approximate surface area is 174 Å². The summed E-state index contributed by atoms with van der Waals surface area (Å²) in [5.41, 5.74) is 2.66. The fraction of sp³-hybridized carbons (Fsp3) is 0.769. The second-order valence-electron chi connectivity index (χ2n) is 9.04. The largest absolute Gasteiger partial charge is 0.490 e. The molecule has 2 rings (SSSR count). The molecule has 0 aliphatic heterocycles. The van der Waals surface area contributed by atoms with Gasteiger partial charge in [-0.3, -0.25) is 0 Å². The maximum absolute atomic E-state index is 10.1. The number of aryl methyl sites for hydroxylation is 2. The Morgan fingerprint density at radius 2 is 1.11 bits per heavy atom. The lowest BCUT2D eigenvalue weighted by Gasteiger charge is -2.20. The third-order valence-corrected chi connectivity index (χ3v) is 6.41. The molecule has 2 heteroatoms. The van der Waals surface area contributed by atoms with Crippen molar-refractivity contribution in [1.29, 1.82) is 0 Å². The van der Waals surface area contributed by atoms with E-state index in [1.54, 1.807) is 0 Å². The van der Waals surface area contributed by atoms with Gasteiger partial charge in [0.05, 0.1) is 12.2 Å². The lowest BCUT2D eigenvalue weighted by atomic mass is 9.99. The Bertz CT molecular complexity index is 505. The molecule has 160 valence electrons. The number of hydrogen-bond donors (Lipinski definition) is 1. The van der Waals surface area contributed by atoms with Crippen LogP contribution in [0.3, 0.4) is 0 Å². The number of aliphatic hydroxyl groups is 1. The SMILES string of the molecule is Cc1ccc(OC2CCCCCCCCC(O)CCCCCCCC2)cc1C. The van der Waals surface area contributed by atoms with Crippen LogP contribution in [0.4, 0.5) is 0 Å². The molecular formula is C26H44O2. The van der Waals surface area contributed by atoms with Crippen molar-refractivity contribution >= 4 is 0 Å². The number of ether oxygens (including phenoxy) is 1. The second-order valence-corrected chi connectivity index (χ2v) is 9.04. The predicted octanol–water partition coefficient (Wildman–Crippen LogP) is 7.67. The summed E-state index contributed by atoms with van der Waals surface area (Å²) in [4.78, 5) is 0. The molecule has 0 saturated heterocycles. The van der Waals surface area contributed by atoms with Crippen molar-refractivity contribution in [2.45, 2.75) is 129 Å². The van der Waals surface area contributed by atoms with Crippen LogP contribution in [0.25, 0.3) is 0 Å². The van der Waals surface area contributed by atoms with Crippen LogP contribution in [0.15, 0.2) is 18.2 Å². The standard InChI is InChI=1S/C26H44O2/c1-22-19-20-26(21-23(22)2)28-25-17-13-9-5-3-7-11-15-24(27)16-12-8-4-6-10-14-18-25/h19-21,24-25,27H,3-18H2,1-2H3. The number of rotatable bonds is 2. The molecule has 0 atom stereocenters. The Kier molecular flexibility index (Phi) is 11.7. The quantitative estimate of drug-likeness (QED) is 0.563. The highest BCUT2D eigenvalue weighted by Gasteiger charge is 2.12. The molecule has 0 radical (unpaired) electrons. The molecule has 1 aromatic rings.